The lowest BCUT2D eigenvalue weighted by molar-refractivity contribution is -0.115. The molecule has 0 aliphatic carbocycles. The molecule has 1 aromatic heterocycles. The maximum Gasteiger partial charge on any atom is 0.290 e. The van der Waals surface area contributed by atoms with Crippen LogP contribution in [0, 0.1) is 0 Å². The highest BCUT2D eigenvalue weighted by molar-refractivity contribution is 8.18. The van der Waals surface area contributed by atoms with Gasteiger partial charge in [0, 0.05) is 17.6 Å². The Hall–Kier alpha value is -3.25. The summed E-state index contributed by atoms with van der Waals surface area (Å²) < 4.78 is 7.76. The Kier molecular flexibility index (Phi) is 4.80. The summed E-state index contributed by atoms with van der Waals surface area (Å²) in [6, 6.07) is 21.5. The van der Waals surface area contributed by atoms with E-state index in [2.05, 4.69) is 5.32 Å². The first-order valence-corrected chi connectivity index (χ1v) is 9.20. The number of benzene rings is 2. The second-order valence-corrected chi connectivity index (χ2v) is 6.94. The van der Waals surface area contributed by atoms with Gasteiger partial charge in [0.05, 0.1) is 4.91 Å². The minimum absolute atomic E-state index is 0.343. The fourth-order valence-electron chi connectivity index (χ4n) is 2.75. The average Bonchev–Trinajstić information content (AvgIpc) is 3.27. The summed E-state index contributed by atoms with van der Waals surface area (Å²) in [5, 5.41) is 1.92. The molecule has 2 amide bonds. The van der Waals surface area contributed by atoms with Crippen LogP contribution in [0.3, 0.4) is 0 Å². The van der Waals surface area contributed by atoms with Crippen LogP contribution in [-0.2, 0) is 11.4 Å². The number of ether oxygens (including phenoxy) is 1. The molecule has 27 heavy (non-hydrogen) atoms. The van der Waals surface area contributed by atoms with Crippen molar-refractivity contribution in [3.8, 4) is 11.4 Å². The second kappa shape index (κ2) is 7.55. The van der Waals surface area contributed by atoms with Crippen LogP contribution in [0.1, 0.15) is 11.3 Å². The minimum atomic E-state index is -0.359. The monoisotopic (exact) mass is 376 g/mol. The van der Waals surface area contributed by atoms with Gasteiger partial charge in [0.15, 0.2) is 0 Å². The van der Waals surface area contributed by atoms with Crippen LogP contribution < -0.4 is 10.1 Å². The molecule has 4 rings (SSSR count). The van der Waals surface area contributed by atoms with Crippen LogP contribution in [0.2, 0.25) is 0 Å². The third-order valence-corrected chi connectivity index (χ3v) is 4.88. The Balaban J connectivity index is 1.50. The Morgan fingerprint density at radius 2 is 1.74 bits per heavy atom. The molecule has 1 aliphatic heterocycles. The van der Waals surface area contributed by atoms with Gasteiger partial charge in [-0.25, -0.2) is 0 Å². The number of hydrogen-bond donors (Lipinski definition) is 1. The van der Waals surface area contributed by atoms with Crippen molar-refractivity contribution in [2.24, 2.45) is 0 Å². The van der Waals surface area contributed by atoms with Gasteiger partial charge in [0.1, 0.15) is 12.4 Å². The predicted octanol–water partition coefficient (Wildman–Crippen LogP) is 4.38. The van der Waals surface area contributed by atoms with Gasteiger partial charge >= 0.3 is 0 Å². The molecule has 0 atom stereocenters. The lowest BCUT2D eigenvalue weighted by atomic mass is 10.2. The average molecular weight is 376 g/mol. The number of carbonyl (C=O) groups excluding carboxylic acids is 2. The van der Waals surface area contributed by atoms with Gasteiger partial charge in [-0.2, -0.15) is 0 Å². The van der Waals surface area contributed by atoms with Crippen molar-refractivity contribution in [1.29, 1.82) is 0 Å². The summed E-state index contributed by atoms with van der Waals surface area (Å²) >= 11 is 0.911. The van der Waals surface area contributed by atoms with E-state index in [4.69, 9.17) is 4.74 Å². The zero-order valence-electron chi connectivity index (χ0n) is 14.3. The predicted molar refractivity (Wildman–Crippen MR) is 106 cm³/mol. The van der Waals surface area contributed by atoms with Crippen LogP contribution in [0.5, 0.6) is 5.75 Å². The number of nitrogens with one attached hydrogen (secondary N) is 1. The highest BCUT2D eigenvalue weighted by Gasteiger charge is 2.25. The van der Waals surface area contributed by atoms with E-state index < -0.39 is 0 Å². The SMILES string of the molecule is O=C1NC(=O)/C(=C/c2cccn2-c2ccc(OCc3ccccc3)cc2)S1. The minimum Gasteiger partial charge on any atom is -0.489 e. The van der Waals surface area contributed by atoms with Crippen molar-refractivity contribution < 1.29 is 14.3 Å². The van der Waals surface area contributed by atoms with E-state index in [1.165, 1.54) is 0 Å². The Morgan fingerprint density at radius 3 is 2.44 bits per heavy atom. The van der Waals surface area contributed by atoms with Gasteiger partial charge in [0.2, 0.25) is 0 Å². The quantitative estimate of drug-likeness (QED) is 0.672. The number of imide groups is 1. The van der Waals surface area contributed by atoms with E-state index in [0.717, 1.165) is 34.5 Å². The molecule has 0 saturated carbocycles. The normalized spacial score (nSPS) is 15.2. The largest absolute Gasteiger partial charge is 0.489 e. The topological polar surface area (TPSA) is 60.3 Å². The molecule has 0 spiro atoms. The molecule has 2 heterocycles. The van der Waals surface area contributed by atoms with Gasteiger partial charge in [-0.15, -0.1) is 0 Å². The van der Waals surface area contributed by atoms with Crippen molar-refractivity contribution >= 4 is 29.0 Å². The number of thioether (sulfide) groups is 1. The first-order chi connectivity index (χ1) is 13.2. The molecular weight excluding hydrogens is 360 g/mol. The molecule has 1 fully saturated rings. The Bertz CT molecular complexity index is 1010. The van der Waals surface area contributed by atoms with Gasteiger partial charge < -0.3 is 9.30 Å². The van der Waals surface area contributed by atoms with E-state index in [9.17, 15) is 9.59 Å². The van der Waals surface area contributed by atoms with Crippen molar-refractivity contribution in [3.05, 3.63) is 89.1 Å². The summed E-state index contributed by atoms with van der Waals surface area (Å²) in [5.74, 6) is 0.424. The van der Waals surface area contributed by atoms with Crippen molar-refractivity contribution in [1.82, 2.24) is 9.88 Å². The molecule has 1 saturated heterocycles. The zero-order chi connectivity index (χ0) is 18.6. The van der Waals surface area contributed by atoms with E-state index in [1.54, 1.807) is 6.08 Å². The van der Waals surface area contributed by atoms with Crippen LogP contribution in [0.4, 0.5) is 4.79 Å². The van der Waals surface area contributed by atoms with E-state index >= 15 is 0 Å². The fraction of sp³-hybridized carbons (Fsp3) is 0.0476. The van der Waals surface area contributed by atoms with Gasteiger partial charge in [0.25, 0.3) is 11.1 Å². The third kappa shape index (κ3) is 3.96. The lowest BCUT2D eigenvalue weighted by Gasteiger charge is -2.10. The first-order valence-electron chi connectivity index (χ1n) is 8.38. The molecule has 1 N–H and O–H groups in total. The Labute approximate surface area is 160 Å². The second-order valence-electron chi connectivity index (χ2n) is 5.92. The van der Waals surface area contributed by atoms with E-state index in [0.29, 0.717) is 11.5 Å². The molecular formula is C21H16N2O3S. The van der Waals surface area contributed by atoms with Gasteiger partial charge in [-0.05, 0) is 59.8 Å². The molecule has 2 aromatic carbocycles. The summed E-state index contributed by atoms with van der Waals surface area (Å²) in [6.45, 7) is 0.515. The van der Waals surface area contributed by atoms with Crippen molar-refractivity contribution in [2.75, 3.05) is 0 Å². The molecule has 6 heteroatoms. The lowest BCUT2D eigenvalue weighted by Crippen LogP contribution is -2.17. The zero-order valence-corrected chi connectivity index (χ0v) is 15.1. The van der Waals surface area contributed by atoms with E-state index in [1.807, 2.05) is 77.5 Å². The molecule has 134 valence electrons. The summed E-state index contributed by atoms with van der Waals surface area (Å²) in [7, 11) is 0. The fourth-order valence-corrected chi connectivity index (χ4v) is 3.41. The molecule has 0 bridgehead atoms. The van der Waals surface area contributed by atoms with Gasteiger partial charge in [-0.3, -0.25) is 14.9 Å². The first kappa shape index (κ1) is 17.2. The van der Waals surface area contributed by atoms with E-state index in [-0.39, 0.29) is 11.1 Å². The third-order valence-electron chi connectivity index (χ3n) is 4.06. The standard InChI is InChI=1S/C21H16N2O3S/c24-20-19(27-21(25)22-20)13-17-7-4-12-23(17)16-8-10-18(11-9-16)26-14-15-5-2-1-3-6-15/h1-13H,14H2,(H,22,24,25)/b19-13-. The van der Waals surface area contributed by atoms with Crippen LogP contribution in [0.25, 0.3) is 11.8 Å². The molecule has 0 unspecified atom stereocenters. The number of rotatable bonds is 5. The number of hydrogen-bond acceptors (Lipinski definition) is 4. The van der Waals surface area contributed by atoms with Crippen LogP contribution in [0.15, 0.2) is 77.8 Å². The van der Waals surface area contributed by atoms with Crippen LogP contribution in [-0.4, -0.2) is 15.7 Å². The van der Waals surface area contributed by atoms with Crippen molar-refractivity contribution in [3.63, 3.8) is 0 Å². The smallest absolute Gasteiger partial charge is 0.290 e. The number of amides is 2. The maximum atomic E-state index is 11.7. The van der Waals surface area contributed by atoms with Gasteiger partial charge in [-0.1, -0.05) is 30.3 Å². The molecule has 1 aliphatic rings. The molecule has 0 radical (unpaired) electrons. The summed E-state index contributed by atoms with van der Waals surface area (Å²) in [5.41, 5.74) is 2.87. The van der Waals surface area contributed by atoms with Crippen molar-refractivity contribution in [2.45, 2.75) is 6.61 Å². The molecule has 5 nitrogen and oxygen atoms in total. The highest BCUT2D eigenvalue weighted by Crippen LogP contribution is 2.27. The number of nitrogens with zero attached hydrogens (tertiary/aromatic N) is 1. The Morgan fingerprint density at radius 1 is 0.963 bits per heavy atom. The van der Waals surface area contributed by atoms with Crippen LogP contribution >= 0.6 is 11.8 Å². The summed E-state index contributed by atoms with van der Waals surface area (Å²) in [4.78, 5) is 23.5. The summed E-state index contributed by atoms with van der Waals surface area (Å²) in [6.07, 6.45) is 3.62. The number of aromatic nitrogens is 1. The number of carbonyl (C=O) groups is 2. The molecule has 3 aromatic rings. The highest BCUT2D eigenvalue weighted by atomic mass is 32.2. The maximum absolute atomic E-state index is 11.7.